The fraction of sp³-hybridized carbons (Fsp3) is 0.625. The van der Waals surface area contributed by atoms with Crippen molar-refractivity contribution in [3.8, 4) is 0 Å². The lowest BCUT2D eigenvalue weighted by molar-refractivity contribution is -0.125. The van der Waals surface area contributed by atoms with E-state index in [4.69, 9.17) is 9.73 Å². The molecule has 4 rings (SSSR count). The van der Waals surface area contributed by atoms with E-state index in [1.807, 2.05) is 19.1 Å². The van der Waals surface area contributed by atoms with Crippen LogP contribution in [-0.2, 0) is 26.0 Å². The number of nitrogens with one attached hydrogen (secondary N) is 1. The van der Waals surface area contributed by atoms with Crippen molar-refractivity contribution >= 4 is 27.7 Å². The van der Waals surface area contributed by atoms with E-state index >= 15 is 0 Å². The Morgan fingerprint density at radius 1 is 1.24 bits per heavy atom. The summed E-state index contributed by atoms with van der Waals surface area (Å²) in [7, 11) is -0.0713. The Bertz CT molecular complexity index is 1080. The van der Waals surface area contributed by atoms with Crippen LogP contribution in [0, 0.1) is 12.8 Å². The van der Waals surface area contributed by atoms with Crippen LogP contribution in [-0.4, -0.2) is 87.0 Å². The summed E-state index contributed by atoms with van der Waals surface area (Å²) in [6, 6.07) is 5.39. The Morgan fingerprint density at radius 3 is 2.53 bits per heavy atom. The maximum atomic E-state index is 13.0. The van der Waals surface area contributed by atoms with Gasteiger partial charge in [-0.2, -0.15) is 0 Å². The summed E-state index contributed by atoms with van der Waals surface area (Å²) in [5.41, 5.74) is 1.56. The molecular weight excluding hydrogens is 456 g/mol. The van der Waals surface area contributed by atoms with Crippen molar-refractivity contribution in [1.29, 1.82) is 0 Å². The summed E-state index contributed by atoms with van der Waals surface area (Å²) < 4.78 is 33.0. The summed E-state index contributed by atoms with van der Waals surface area (Å²) >= 11 is 0. The standard InChI is InChI=1S/C24H34N4O5S/c1-17-16-20(22(29)27(2)3)5-4-18(17)8-15-34(31,32)28-11-9-24(10-12-28)23(30)25-21(26-24)19-6-13-33-14-7-19/h4-5,16,19H,6-15H2,1-3H3,(H,25,26,30). The summed E-state index contributed by atoms with van der Waals surface area (Å²) in [6.45, 7) is 3.82. The number of nitrogens with zero attached hydrogens (tertiary/aromatic N) is 3. The number of benzene rings is 1. The van der Waals surface area contributed by atoms with Crippen LogP contribution < -0.4 is 5.32 Å². The van der Waals surface area contributed by atoms with Crippen LogP contribution in [0.2, 0.25) is 0 Å². The number of aliphatic imine (C=N–C) groups is 1. The Hall–Kier alpha value is -2.30. The van der Waals surface area contributed by atoms with E-state index in [-0.39, 0.29) is 36.6 Å². The first-order valence-electron chi connectivity index (χ1n) is 11.9. The van der Waals surface area contributed by atoms with Gasteiger partial charge < -0.3 is 15.0 Å². The fourth-order valence-corrected chi connectivity index (χ4v) is 6.39. The van der Waals surface area contributed by atoms with Crippen LogP contribution in [0.4, 0.5) is 0 Å². The summed E-state index contributed by atoms with van der Waals surface area (Å²) in [4.78, 5) is 31.2. The number of hydrogen-bond donors (Lipinski definition) is 1. The first-order chi connectivity index (χ1) is 16.1. The molecule has 0 aromatic heterocycles. The summed E-state index contributed by atoms with van der Waals surface area (Å²) in [6.07, 6.45) is 2.86. The molecule has 3 heterocycles. The molecule has 10 heteroatoms. The second-order valence-electron chi connectivity index (χ2n) is 9.68. The summed E-state index contributed by atoms with van der Waals surface area (Å²) in [5.74, 6) is 0.764. The molecule has 34 heavy (non-hydrogen) atoms. The number of carbonyl (C=O) groups is 2. The molecule has 0 unspecified atom stereocenters. The average Bonchev–Trinajstić information content (AvgIpc) is 3.14. The van der Waals surface area contributed by atoms with E-state index in [0.29, 0.717) is 38.0 Å². The molecule has 0 radical (unpaired) electrons. The van der Waals surface area contributed by atoms with Gasteiger partial charge in [0.25, 0.3) is 11.8 Å². The Labute approximate surface area is 201 Å². The lowest BCUT2D eigenvalue weighted by atomic mass is 9.89. The van der Waals surface area contributed by atoms with Crippen molar-refractivity contribution in [2.75, 3.05) is 46.2 Å². The second-order valence-corrected chi connectivity index (χ2v) is 11.8. The van der Waals surface area contributed by atoms with Gasteiger partial charge in [-0.25, -0.2) is 12.7 Å². The van der Waals surface area contributed by atoms with E-state index in [1.165, 1.54) is 9.21 Å². The van der Waals surface area contributed by atoms with Crippen molar-refractivity contribution in [2.45, 2.75) is 44.6 Å². The lowest BCUT2D eigenvalue weighted by Crippen LogP contribution is -2.51. The lowest BCUT2D eigenvalue weighted by Gasteiger charge is -2.34. The first-order valence-corrected chi connectivity index (χ1v) is 13.5. The van der Waals surface area contributed by atoms with Gasteiger partial charge in [0.1, 0.15) is 11.4 Å². The van der Waals surface area contributed by atoms with Gasteiger partial charge in [-0.05, 0) is 62.3 Å². The minimum atomic E-state index is -3.47. The molecule has 2 saturated heterocycles. The van der Waals surface area contributed by atoms with Crippen LogP contribution in [0.1, 0.15) is 47.2 Å². The zero-order valence-electron chi connectivity index (χ0n) is 20.2. The van der Waals surface area contributed by atoms with E-state index in [9.17, 15) is 18.0 Å². The first kappa shape index (κ1) is 24.8. The minimum Gasteiger partial charge on any atom is -0.381 e. The number of piperidine rings is 1. The molecule has 1 spiro atoms. The third kappa shape index (κ3) is 5.04. The number of aryl methyl sites for hydroxylation is 2. The number of hydrogen-bond acceptors (Lipinski definition) is 6. The number of amides is 2. The van der Waals surface area contributed by atoms with Gasteiger partial charge in [-0.3, -0.25) is 14.6 Å². The number of rotatable bonds is 6. The molecule has 186 valence electrons. The molecule has 2 fully saturated rings. The van der Waals surface area contributed by atoms with E-state index in [1.54, 1.807) is 20.2 Å². The molecule has 9 nitrogen and oxygen atoms in total. The van der Waals surface area contributed by atoms with Crippen molar-refractivity contribution in [3.63, 3.8) is 0 Å². The fourth-order valence-electron chi connectivity index (χ4n) is 4.92. The molecule has 3 aliphatic heterocycles. The quantitative estimate of drug-likeness (QED) is 0.648. The highest BCUT2D eigenvalue weighted by Gasteiger charge is 2.48. The highest BCUT2D eigenvalue weighted by molar-refractivity contribution is 7.89. The molecule has 1 N–H and O–H groups in total. The smallest absolute Gasteiger partial charge is 0.253 e. The highest BCUT2D eigenvalue weighted by Crippen LogP contribution is 2.33. The third-order valence-corrected chi connectivity index (χ3v) is 9.05. The Kier molecular flexibility index (Phi) is 7.12. The van der Waals surface area contributed by atoms with Crippen molar-refractivity contribution < 1.29 is 22.7 Å². The molecule has 1 aromatic rings. The van der Waals surface area contributed by atoms with Gasteiger partial charge in [0.2, 0.25) is 10.0 Å². The van der Waals surface area contributed by atoms with E-state index < -0.39 is 15.6 Å². The maximum absolute atomic E-state index is 13.0. The molecule has 0 bridgehead atoms. The van der Waals surface area contributed by atoms with Crippen LogP contribution in [0.15, 0.2) is 23.2 Å². The number of ether oxygens (including phenoxy) is 1. The number of sulfonamides is 1. The summed E-state index contributed by atoms with van der Waals surface area (Å²) in [5, 5.41) is 2.97. The molecule has 2 amide bonds. The average molecular weight is 491 g/mol. The topological polar surface area (TPSA) is 108 Å². The predicted molar refractivity (Wildman–Crippen MR) is 129 cm³/mol. The Balaban J connectivity index is 1.36. The second kappa shape index (κ2) is 9.75. The van der Waals surface area contributed by atoms with Gasteiger partial charge in [-0.15, -0.1) is 0 Å². The van der Waals surface area contributed by atoms with Crippen molar-refractivity contribution in [1.82, 2.24) is 14.5 Å². The minimum absolute atomic E-state index is 0.00932. The molecule has 0 atom stereocenters. The predicted octanol–water partition coefficient (Wildman–Crippen LogP) is 1.36. The molecule has 1 aromatic carbocycles. The van der Waals surface area contributed by atoms with Gasteiger partial charge in [0.05, 0.1) is 5.75 Å². The largest absolute Gasteiger partial charge is 0.381 e. The maximum Gasteiger partial charge on any atom is 0.253 e. The van der Waals surface area contributed by atoms with Gasteiger partial charge in [0, 0.05) is 51.9 Å². The molecular formula is C24H34N4O5S. The zero-order valence-corrected chi connectivity index (χ0v) is 21.0. The highest BCUT2D eigenvalue weighted by atomic mass is 32.2. The molecule has 0 aliphatic carbocycles. The third-order valence-electron chi connectivity index (χ3n) is 7.17. The van der Waals surface area contributed by atoms with E-state index in [2.05, 4.69) is 5.32 Å². The zero-order chi connectivity index (χ0) is 24.5. The SMILES string of the molecule is Cc1cc(C(=O)N(C)C)ccc1CCS(=O)(=O)N1CCC2(CC1)N=C(C1CCOCC1)NC2=O. The van der Waals surface area contributed by atoms with Crippen LogP contribution in [0.5, 0.6) is 0 Å². The van der Waals surface area contributed by atoms with Crippen molar-refractivity contribution in [3.05, 3.63) is 34.9 Å². The monoisotopic (exact) mass is 490 g/mol. The molecule has 3 aliphatic rings. The van der Waals surface area contributed by atoms with Gasteiger partial charge in [-0.1, -0.05) is 6.07 Å². The number of amidine groups is 1. The molecule has 0 saturated carbocycles. The van der Waals surface area contributed by atoms with Crippen LogP contribution in [0.3, 0.4) is 0 Å². The van der Waals surface area contributed by atoms with Crippen LogP contribution >= 0.6 is 0 Å². The number of carbonyl (C=O) groups excluding carboxylic acids is 2. The van der Waals surface area contributed by atoms with Gasteiger partial charge >= 0.3 is 0 Å². The van der Waals surface area contributed by atoms with Crippen LogP contribution in [0.25, 0.3) is 0 Å². The Morgan fingerprint density at radius 2 is 1.91 bits per heavy atom. The normalized spacial score (nSPS) is 21.4. The van der Waals surface area contributed by atoms with Gasteiger partial charge in [0.15, 0.2) is 0 Å². The van der Waals surface area contributed by atoms with Crippen molar-refractivity contribution in [2.24, 2.45) is 10.9 Å². The van der Waals surface area contributed by atoms with E-state index in [0.717, 1.165) is 29.8 Å².